The Bertz CT molecular complexity index is 582. The highest BCUT2D eigenvalue weighted by Crippen LogP contribution is 2.47. The zero-order chi connectivity index (χ0) is 14.1. The summed E-state index contributed by atoms with van der Waals surface area (Å²) in [5.41, 5.74) is 9.89. The minimum absolute atomic E-state index is 0.583. The molecule has 0 amide bonds. The molecule has 4 heteroatoms. The van der Waals surface area contributed by atoms with Gasteiger partial charge in [0, 0.05) is 12.1 Å². The van der Waals surface area contributed by atoms with Crippen molar-refractivity contribution in [3.63, 3.8) is 0 Å². The van der Waals surface area contributed by atoms with Gasteiger partial charge in [0.2, 0.25) is 0 Å². The van der Waals surface area contributed by atoms with E-state index < -0.39 is 0 Å². The van der Waals surface area contributed by atoms with E-state index in [-0.39, 0.29) is 0 Å². The molecular formula is C16H21N3S. The van der Waals surface area contributed by atoms with E-state index in [9.17, 15) is 0 Å². The zero-order valence-electron chi connectivity index (χ0n) is 12.0. The average Bonchev–Trinajstić information content (AvgIpc) is 3.21. The van der Waals surface area contributed by atoms with Crippen molar-refractivity contribution in [2.24, 2.45) is 0 Å². The maximum atomic E-state index is 5.96. The summed E-state index contributed by atoms with van der Waals surface area (Å²) in [5, 5.41) is 4.65. The first-order valence-corrected chi connectivity index (χ1v) is 8.00. The summed E-state index contributed by atoms with van der Waals surface area (Å²) in [4.78, 5) is 0. The van der Waals surface area contributed by atoms with Gasteiger partial charge in [0.25, 0.3) is 0 Å². The lowest BCUT2D eigenvalue weighted by Crippen LogP contribution is -2.01. The van der Waals surface area contributed by atoms with Crippen molar-refractivity contribution in [1.82, 2.24) is 4.37 Å². The molecule has 2 aromatic rings. The van der Waals surface area contributed by atoms with Crippen LogP contribution in [-0.4, -0.2) is 4.37 Å². The number of nitrogens with two attached hydrogens (primary N) is 1. The van der Waals surface area contributed by atoms with Crippen LogP contribution in [0.4, 0.5) is 10.8 Å². The molecular weight excluding hydrogens is 266 g/mol. The molecule has 0 radical (unpaired) electrons. The minimum Gasteiger partial charge on any atom is -0.383 e. The molecule has 1 saturated carbocycles. The van der Waals surface area contributed by atoms with Crippen LogP contribution < -0.4 is 11.1 Å². The van der Waals surface area contributed by atoms with Gasteiger partial charge in [-0.15, -0.1) is 0 Å². The third-order valence-corrected chi connectivity index (χ3v) is 4.68. The van der Waals surface area contributed by atoms with Gasteiger partial charge < -0.3 is 11.1 Å². The summed E-state index contributed by atoms with van der Waals surface area (Å²) in [7, 11) is 0. The molecule has 3 N–H and O–H groups in total. The predicted octanol–water partition coefficient (Wildman–Crippen LogP) is 4.34. The molecule has 0 saturated heterocycles. The van der Waals surface area contributed by atoms with Crippen LogP contribution in [0.1, 0.15) is 55.2 Å². The number of benzene rings is 1. The van der Waals surface area contributed by atoms with Crippen LogP contribution >= 0.6 is 11.5 Å². The summed E-state index contributed by atoms with van der Waals surface area (Å²) >= 11 is 1.49. The Labute approximate surface area is 124 Å². The van der Waals surface area contributed by atoms with Crippen molar-refractivity contribution < 1.29 is 0 Å². The molecule has 0 atom stereocenters. The van der Waals surface area contributed by atoms with Gasteiger partial charge in [-0.3, -0.25) is 0 Å². The van der Waals surface area contributed by atoms with Crippen molar-refractivity contribution in [2.45, 2.75) is 45.1 Å². The number of rotatable bonds is 5. The Kier molecular flexibility index (Phi) is 3.66. The zero-order valence-corrected chi connectivity index (χ0v) is 12.8. The van der Waals surface area contributed by atoms with Gasteiger partial charge in [-0.2, -0.15) is 4.37 Å². The molecule has 1 aromatic heterocycles. The molecule has 3 rings (SSSR count). The summed E-state index contributed by atoms with van der Waals surface area (Å²) in [6, 6.07) is 8.82. The van der Waals surface area contributed by atoms with E-state index in [1.54, 1.807) is 0 Å². The molecule has 1 aliphatic carbocycles. The molecule has 20 heavy (non-hydrogen) atoms. The monoisotopic (exact) mass is 287 g/mol. The van der Waals surface area contributed by atoms with E-state index in [1.165, 1.54) is 41.1 Å². The molecule has 1 aliphatic rings. The minimum atomic E-state index is 0.583. The molecule has 1 heterocycles. The number of hydrogen-bond donors (Lipinski definition) is 2. The van der Waals surface area contributed by atoms with Crippen LogP contribution in [-0.2, 0) is 6.54 Å². The van der Waals surface area contributed by atoms with Crippen LogP contribution in [0.25, 0.3) is 0 Å². The molecule has 0 spiro atoms. The van der Waals surface area contributed by atoms with Gasteiger partial charge in [0.15, 0.2) is 0 Å². The van der Waals surface area contributed by atoms with Crippen molar-refractivity contribution in [3.05, 3.63) is 41.0 Å². The molecule has 0 aliphatic heterocycles. The fraction of sp³-hybridized carbons (Fsp3) is 0.438. The van der Waals surface area contributed by atoms with E-state index >= 15 is 0 Å². The highest BCUT2D eigenvalue weighted by Gasteiger charge is 2.30. The van der Waals surface area contributed by atoms with Crippen LogP contribution in [0.15, 0.2) is 24.3 Å². The van der Waals surface area contributed by atoms with E-state index in [0.717, 1.165) is 17.4 Å². The number of hydrogen-bond acceptors (Lipinski definition) is 4. The smallest absolute Gasteiger partial charge is 0.142 e. The second-order valence-corrected chi connectivity index (χ2v) is 6.61. The Hall–Kier alpha value is -1.55. The second-order valence-electron chi connectivity index (χ2n) is 5.83. The lowest BCUT2D eigenvalue weighted by Gasteiger charge is -2.09. The fourth-order valence-corrected chi connectivity index (χ4v) is 3.20. The first-order valence-electron chi connectivity index (χ1n) is 7.23. The largest absolute Gasteiger partial charge is 0.383 e. The highest BCUT2D eigenvalue weighted by atomic mass is 32.1. The number of nitrogens with zero attached hydrogens (tertiary/aromatic N) is 1. The van der Waals surface area contributed by atoms with Gasteiger partial charge in [-0.1, -0.05) is 38.1 Å². The van der Waals surface area contributed by atoms with Gasteiger partial charge in [-0.25, -0.2) is 0 Å². The van der Waals surface area contributed by atoms with E-state index in [2.05, 4.69) is 47.8 Å². The quantitative estimate of drug-likeness (QED) is 0.860. The van der Waals surface area contributed by atoms with Gasteiger partial charge in [0.05, 0.1) is 0 Å². The second kappa shape index (κ2) is 5.44. The third-order valence-electron chi connectivity index (χ3n) is 3.84. The molecule has 1 fully saturated rings. The fourth-order valence-electron chi connectivity index (χ4n) is 2.41. The molecule has 106 valence electrons. The number of anilines is 2. The molecule has 0 bridgehead atoms. The van der Waals surface area contributed by atoms with Crippen molar-refractivity contribution in [2.75, 3.05) is 11.1 Å². The normalized spacial score (nSPS) is 14.8. The SMILES string of the molecule is CC(C)c1ccc(CNc2snc(N)c2C2CC2)cc1. The summed E-state index contributed by atoms with van der Waals surface area (Å²) in [6.07, 6.45) is 2.50. The topological polar surface area (TPSA) is 50.9 Å². The first kappa shape index (κ1) is 13.4. The number of nitrogen functional groups attached to an aromatic ring is 1. The maximum Gasteiger partial charge on any atom is 0.142 e. The van der Waals surface area contributed by atoms with Crippen molar-refractivity contribution in [1.29, 1.82) is 0 Å². The molecule has 0 unspecified atom stereocenters. The maximum absolute atomic E-state index is 5.96. The van der Waals surface area contributed by atoms with Crippen LogP contribution in [0, 0.1) is 0 Å². The Morgan fingerprint density at radius 2 is 2.00 bits per heavy atom. The summed E-state index contributed by atoms with van der Waals surface area (Å²) < 4.78 is 4.28. The lowest BCUT2D eigenvalue weighted by molar-refractivity contribution is 0.865. The number of nitrogens with one attached hydrogen (secondary N) is 1. The molecule has 1 aromatic carbocycles. The van der Waals surface area contributed by atoms with Crippen LogP contribution in [0.3, 0.4) is 0 Å². The standard InChI is InChI=1S/C16H21N3S/c1-10(2)12-5-3-11(4-6-12)9-18-16-14(13-7-8-13)15(17)19-20-16/h3-6,10,13,18H,7-9H2,1-2H3,(H2,17,19). The van der Waals surface area contributed by atoms with Crippen molar-refractivity contribution in [3.8, 4) is 0 Å². The third kappa shape index (κ3) is 2.80. The lowest BCUT2D eigenvalue weighted by atomic mass is 10.0. The van der Waals surface area contributed by atoms with Crippen molar-refractivity contribution >= 4 is 22.4 Å². The summed E-state index contributed by atoms with van der Waals surface area (Å²) in [6.45, 7) is 5.27. The van der Waals surface area contributed by atoms with Gasteiger partial charge in [0.1, 0.15) is 10.8 Å². The number of aromatic nitrogens is 1. The van der Waals surface area contributed by atoms with Crippen LogP contribution in [0.5, 0.6) is 0 Å². The summed E-state index contributed by atoms with van der Waals surface area (Å²) in [5.74, 6) is 1.94. The Morgan fingerprint density at radius 1 is 1.30 bits per heavy atom. The van der Waals surface area contributed by atoms with Gasteiger partial charge in [-0.05, 0) is 47.3 Å². The van der Waals surface area contributed by atoms with Gasteiger partial charge >= 0.3 is 0 Å². The van der Waals surface area contributed by atoms with Crippen LogP contribution in [0.2, 0.25) is 0 Å². The van der Waals surface area contributed by atoms with E-state index in [4.69, 9.17) is 5.73 Å². The first-order chi connectivity index (χ1) is 9.65. The van der Waals surface area contributed by atoms with E-state index in [0.29, 0.717) is 11.8 Å². The van der Waals surface area contributed by atoms with E-state index in [1.807, 2.05) is 0 Å². The predicted molar refractivity (Wildman–Crippen MR) is 86.4 cm³/mol. The highest BCUT2D eigenvalue weighted by molar-refractivity contribution is 7.10. The molecule has 3 nitrogen and oxygen atoms in total. The Balaban J connectivity index is 1.67. The average molecular weight is 287 g/mol. The Morgan fingerprint density at radius 3 is 2.60 bits per heavy atom.